The number of nitrogens with zero attached hydrogens (tertiary/aromatic N) is 4. The number of thioether (sulfide) groups is 1. The molecule has 4 rings (SSSR count). The van der Waals surface area contributed by atoms with Gasteiger partial charge in [-0.1, -0.05) is 11.2 Å². The fourth-order valence-electron chi connectivity index (χ4n) is 3.73. The highest BCUT2D eigenvalue weighted by Crippen LogP contribution is 2.40. The van der Waals surface area contributed by atoms with Crippen molar-refractivity contribution in [2.75, 3.05) is 18.6 Å². The monoisotopic (exact) mass is 544 g/mol. The fraction of sp³-hybridized carbons (Fsp3) is 0.227. The fourth-order valence-corrected chi connectivity index (χ4v) is 5.60. The SMILES string of the molecule is CO/N=C(\C(=O)NC1C(=O)N2C(C(=O)O)=C(C=CC[n+]3ccc(C(N)=O)cc3)CS[C@@H]12)c1csc(N)n1. The molecule has 1 saturated heterocycles. The van der Waals surface area contributed by atoms with Crippen LogP contribution in [-0.2, 0) is 25.8 Å². The number of nitrogens with one attached hydrogen (secondary N) is 1. The second-order valence-electron chi connectivity index (χ2n) is 7.78. The van der Waals surface area contributed by atoms with E-state index in [1.165, 1.54) is 29.2 Å². The number of carbonyl (C=O) groups excluding carboxylic acids is 3. The molecule has 0 bridgehead atoms. The van der Waals surface area contributed by atoms with Crippen LogP contribution in [-0.4, -0.2) is 68.7 Å². The maximum Gasteiger partial charge on any atom is 0.352 e. The number of allylic oxidation sites excluding steroid dienone is 2. The normalized spacial score (nSPS) is 19.4. The van der Waals surface area contributed by atoms with Crippen LogP contribution in [0.4, 0.5) is 5.13 Å². The zero-order chi connectivity index (χ0) is 26.7. The number of pyridine rings is 1. The number of nitrogens with two attached hydrogens (primary N) is 2. The number of amides is 3. The van der Waals surface area contributed by atoms with Gasteiger partial charge in [-0.05, 0) is 11.6 Å². The molecule has 2 aliphatic heterocycles. The highest BCUT2D eigenvalue weighted by Gasteiger charge is 2.54. The van der Waals surface area contributed by atoms with Crippen LogP contribution in [0.1, 0.15) is 16.1 Å². The van der Waals surface area contributed by atoms with Crippen LogP contribution < -0.4 is 21.4 Å². The number of anilines is 1. The van der Waals surface area contributed by atoms with E-state index in [-0.39, 0.29) is 22.2 Å². The molecule has 0 spiro atoms. The summed E-state index contributed by atoms with van der Waals surface area (Å²) in [6, 6.07) is 2.21. The van der Waals surface area contributed by atoms with Gasteiger partial charge >= 0.3 is 5.97 Å². The van der Waals surface area contributed by atoms with Crippen molar-refractivity contribution >= 4 is 57.6 Å². The molecule has 4 heterocycles. The molecule has 192 valence electrons. The second-order valence-corrected chi connectivity index (χ2v) is 9.78. The van der Waals surface area contributed by atoms with E-state index in [0.29, 0.717) is 23.4 Å². The lowest BCUT2D eigenvalue weighted by atomic mass is 10.0. The highest BCUT2D eigenvalue weighted by molar-refractivity contribution is 8.00. The minimum Gasteiger partial charge on any atom is -0.477 e. The first kappa shape index (κ1) is 25.8. The summed E-state index contributed by atoms with van der Waals surface area (Å²) in [4.78, 5) is 58.9. The van der Waals surface area contributed by atoms with Crippen molar-refractivity contribution in [3.63, 3.8) is 0 Å². The number of hydrogen-bond acceptors (Lipinski definition) is 10. The summed E-state index contributed by atoms with van der Waals surface area (Å²) in [6.07, 6.45) is 6.75. The summed E-state index contributed by atoms with van der Waals surface area (Å²) in [5.74, 6) is -2.72. The van der Waals surface area contributed by atoms with Crippen LogP contribution in [0, 0.1) is 0 Å². The Labute approximate surface area is 218 Å². The summed E-state index contributed by atoms with van der Waals surface area (Å²) in [7, 11) is 1.27. The first-order valence-corrected chi connectivity index (χ1v) is 12.6. The average molecular weight is 545 g/mol. The van der Waals surface area contributed by atoms with E-state index in [0.717, 1.165) is 11.3 Å². The first-order chi connectivity index (χ1) is 17.7. The topological polar surface area (TPSA) is 194 Å². The molecule has 0 saturated carbocycles. The number of aromatic nitrogens is 2. The summed E-state index contributed by atoms with van der Waals surface area (Å²) >= 11 is 2.44. The minimum absolute atomic E-state index is 0.136. The van der Waals surface area contributed by atoms with Crippen molar-refractivity contribution in [1.29, 1.82) is 0 Å². The molecule has 2 aromatic rings. The van der Waals surface area contributed by atoms with Gasteiger partial charge in [0.25, 0.3) is 11.8 Å². The molecule has 0 radical (unpaired) electrons. The molecule has 2 atom stereocenters. The van der Waals surface area contributed by atoms with E-state index >= 15 is 0 Å². The van der Waals surface area contributed by atoms with Crippen molar-refractivity contribution in [3.8, 4) is 0 Å². The molecular formula is C22H22N7O6S2+. The second kappa shape index (κ2) is 10.8. The van der Waals surface area contributed by atoms with Gasteiger partial charge < -0.3 is 26.7 Å². The lowest BCUT2D eigenvalue weighted by Crippen LogP contribution is -2.71. The zero-order valence-corrected chi connectivity index (χ0v) is 21.0. The highest BCUT2D eigenvalue weighted by atomic mass is 32.2. The Morgan fingerprint density at radius 2 is 2.11 bits per heavy atom. The Bertz CT molecular complexity index is 1350. The molecule has 13 nitrogen and oxygen atoms in total. The molecular weight excluding hydrogens is 522 g/mol. The first-order valence-electron chi connectivity index (χ1n) is 10.7. The molecule has 6 N–H and O–H groups in total. The van der Waals surface area contributed by atoms with Gasteiger partial charge in [-0.15, -0.1) is 23.1 Å². The molecule has 1 fully saturated rings. The molecule has 0 aromatic carbocycles. The minimum atomic E-state index is -1.25. The average Bonchev–Trinajstić information content (AvgIpc) is 3.31. The summed E-state index contributed by atoms with van der Waals surface area (Å²) in [5, 5.41) is 17.3. The number of carbonyl (C=O) groups is 4. The van der Waals surface area contributed by atoms with Gasteiger partial charge in [-0.25, -0.2) is 14.3 Å². The Kier molecular flexibility index (Phi) is 7.54. The molecule has 37 heavy (non-hydrogen) atoms. The van der Waals surface area contributed by atoms with Gasteiger partial charge in [0.05, 0.1) is 5.56 Å². The predicted molar refractivity (Wildman–Crippen MR) is 134 cm³/mol. The standard InChI is InChI=1S/C22H21N7O6S2/c1-35-27-14(13-10-37-22(24)25-13)18(31)26-15-19(32)29-16(21(33)34)12(9-36-20(15)29)3-2-6-28-7-4-11(5-8-28)17(23)30/h2-5,7-8,10,15,20H,6,9H2,1H3,(H5-,23,24,25,26,30,31,33,34)/p+1/b3-2?,27-14-/t15?,20-/m0/s1. The van der Waals surface area contributed by atoms with E-state index < -0.39 is 35.1 Å². The summed E-state index contributed by atoms with van der Waals surface area (Å²) in [5.41, 5.74) is 11.6. The smallest absolute Gasteiger partial charge is 0.352 e. The number of thiazole rings is 1. The van der Waals surface area contributed by atoms with Crippen molar-refractivity contribution < 1.29 is 33.7 Å². The lowest BCUT2D eigenvalue weighted by Gasteiger charge is -2.49. The van der Waals surface area contributed by atoms with Gasteiger partial charge in [0.15, 0.2) is 29.8 Å². The van der Waals surface area contributed by atoms with Gasteiger partial charge in [-0.3, -0.25) is 19.3 Å². The Morgan fingerprint density at radius 1 is 1.38 bits per heavy atom. The quantitative estimate of drug-likeness (QED) is 0.139. The lowest BCUT2D eigenvalue weighted by molar-refractivity contribution is -0.687. The third kappa shape index (κ3) is 5.31. The molecule has 2 aromatic heterocycles. The van der Waals surface area contributed by atoms with Gasteiger partial charge in [0.2, 0.25) is 5.91 Å². The zero-order valence-electron chi connectivity index (χ0n) is 19.4. The van der Waals surface area contributed by atoms with E-state index in [4.69, 9.17) is 16.3 Å². The number of rotatable bonds is 9. The maximum absolute atomic E-state index is 12.9. The summed E-state index contributed by atoms with van der Waals surface area (Å²) < 4.78 is 1.78. The summed E-state index contributed by atoms with van der Waals surface area (Å²) in [6.45, 7) is 0.402. The molecule has 2 aliphatic rings. The van der Waals surface area contributed by atoms with Crippen molar-refractivity contribution in [1.82, 2.24) is 15.2 Å². The Morgan fingerprint density at radius 3 is 2.70 bits per heavy atom. The molecule has 3 amide bonds. The van der Waals surface area contributed by atoms with Crippen LogP contribution in [0.5, 0.6) is 0 Å². The van der Waals surface area contributed by atoms with E-state index in [9.17, 15) is 24.3 Å². The number of aliphatic carboxylic acids is 1. The van der Waals surface area contributed by atoms with Crippen molar-refractivity contribution in [2.24, 2.45) is 10.9 Å². The predicted octanol–water partition coefficient (Wildman–Crippen LogP) is -0.543. The number of fused-ring (bicyclic) bond motifs is 1. The van der Waals surface area contributed by atoms with E-state index in [1.54, 1.807) is 41.2 Å². The molecule has 0 aliphatic carbocycles. The van der Waals surface area contributed by atoms with E-state index in [2.05, 4.69) is 15.5 Å². The van der Waals surface area contributed by atoms with Gasteiger partial charge in [0.1, 0.15) is 29.9 Å². The Balaban J connectivity index is 1.47. The third-order valence-corrected chi connectivity index (χ3v) is 7.44. The van der Waals surface area contributed by atoms with Crippen LogP contribution in [0.25, 0.3) is 0 Å². The number of β-lactam (4-membered cyclic amide) rings is 1. The number of hydrogen-bond donors (Lipinski definition) is 4. The van der Waals surface area contributed by atoms with Crippen LogP contribution in [0.15, 0.2) is 58.5 Å². The van der Waals surface area contributed by atoms with Gasteiger partial charge in [0, 0.05) is 23.3 Å². The van der Waals surface area contributed by atoms with Crippen molar-refractivity contribution in [2.45, 2.75) is 18.0 Å². The number of nitrogen functional groups attached to an aromatic ring is 1. The van der Waals surface area contributed by atoms with Crippen molar-refractivity contribution in [3.05, 3.63) is 64.6 Å². The number of oxime groups is 1. The van der Waals surface area contributed by atoms with Gasteiger partial charge in [-0.2, -0.15) is 0 Å². The number of carboxylic acids is 1. The Hall–Kier alpha value is -4.24. The largest absolute Gasteiger partial charge is 0.477 e. The molecule has 1 unspecified atom stereocenters. The van der Waals surface area contributed by atoms with Crippen LogP contribution >= 0.6 is 23.1 Å². The van der Waals surface area contributed by atoms with Crippen LogP contribution in [0.2, 0.25) is 0 Å². The number of primary amides is 1. The van der Waals surface area contributed by atoms with Crippen LogP contribution in [0.3, 0.4) is 0 Å². The third-order valence-electron chi connectivity index (χ3n) is 5.46. The maximum atomic E-state index is 12.9. The number of carboxylic acid groups (broad SMARTS) is 1. The molecule has 15 heteroatoms. The van der Waals surface area contributed by atoms with E-state index in [1.807, 2.05) is 0 Å².